The molecule has 0 bridgehead atoms. The van der Waals surface area contributed by atoms with Crippen LogP contribution in [0.4, 0.5) is 0 Å². The van der Waals surface area contributed by atoms with Gasteiger partial charge in [0.2, 0.25) is 0 Å². The van der Waals surface area contributed by atoms with Crippen LogP contribution in [0.15, 0.2) is 97.1 Å². The van der Waals surface area contributed by atoms with E-state index in [-0.39, 0.29) is 11.3 Å². The van der Waals surface area contributed by atoms with Crippen LogP contribution in [0.25, 0.3) is 11.1 Å². The minimum absolute atomic E-state index is 0.0615. The summed E-state index contributed by atoms with van der Waals surface area (Å²) in [5.41, 5.74) is 10.1. The fourth-order valence-corrected chi connectivity index (χ4v) is 4.82. The van der Waals surface area contributed by atoms with Crippen LogP contribution in [-0.2, 0) is 5.41 Å². The second-order valence-electron chi connectivity index (χ2n) is 8.49. The van der Waals surface area contributed by atoms with Crippen molar-refractivity contribution >= 4 is 13.3 Å². The first-order chi connectivity index (χ1) is 14.1. The summed E-state index contributed by atoms with van der Waals surface area (Å²) in [7, 11) is 6.12. The van der Waals surface area contributed by atoms with Gasteiger partial charge in [-0.15, -0.1) is 0 Å². The van der Waals surface area contributed by atoms with Crippen molar-refractivity contribution in [3.8, 4) is 11.1 Å². The maximum atomic E-state index is 6.12. The molecule has 5 rings (SSSR count). The molecular formula is C28H23B. The Bertz CT molecular complexity index is 1130. The standard InChI is InChI=1S/C28H23B/c1-28(2)25-17-21(13-15-23(25)24-16-14-22(29)18-26(24)28)27(19-9-5-3-6-10-19)20-11-7-4-8-12-20/h3-18,27H,1-2H3. The molecule has 0 aromatic heterocycles. The molecule has 4 aromatic rings. The van der Waals surface area contributed by atoms with E-state index in [1.54, 1.807) is 0 Å². The zero-order chi connectivity index (χ0) is 20.0. The van der Waals surface area contributed by atoms with Crippen molar-refractivity contribution < 1.29 is 0 Å². The Balaban J connectivity index is 1.69. The molecule has 138 valence electrons. The molecule has 0 spiro atoms. The highest BCUT2D eigenvalue weighted by molar-refractivity contribution is 6.32. The van der Waals surface area contributed by atoms with E-state index in [2.05, 4.69) is 105 Å². The molecule has 29 heavy (non-hydrogen) atoms. The fraction of sp³-hybridized carbons (Fsp3) is 0.143. The monoisotopic (exact) mass is 370 g/mol. The summed E-state index contributed by atoms with van der Waals surface area (Å²) in [6.07, 6.45) is 0. The van der Waals surface area contributed by atoms with Gasteiger partial charge >= 0.3 is 0 Å². The maximum absolute atomic E-state index is 6.12. The van der Waals surface area contributed by atoms with Gasteiger partial charge < -0.3 is 0 Å². The van der Waals surface area contributed by atoms with Gasteiger partial charge in [-0.2, -0.15) is 0 Å². The molecule has 0 amide bonds. The molecule has 0 saturated heterocycles. The van der Waals surface area contributed by atoms with Crippen LogP contribution in [0, 0.1) is 0 Å². The van der Waals surface area contributed by atoms with Gasteiger partial charge in [-0.1, -0.05) is 116 Å². The zero-order valence-electron chi connectivity index (χ0n) is 16.9. The number of hydrogen-bond acceptors (Lipinski definition) is 0. The summed E-state index contributed by atoms with van der Waals surface area (Å²) in [6.45, 7) is 4.61. The number of fused-ring (bicyclic) bond motifs is 3. The van der Waals surface area contributed by atoms with Gasteiger partial charge in [0.05, 0.1) is 0 Å². The zero-order valence-corrected chi connectivity index (χ0v) is 16.9. The lowest BCUT2D eigenvalue weighted by Crippen LogP contribution is -2.18. The molecule has 4 aromatic carbocycles. The predicted molar refractivity (Wildman–Crippen MR) is 123 cm³/mol. The summed E-state index contributed by atoms with van der Waals surface area (Å²) in [6, 6.07) is 34.9. The van der Waals surface area contributed by atoms with Gasteiger partial charge in [0.1, 0.15) is 7.85 Å². The van der Waals surface area contributed by atoms with E-state index in [4.69, 9.17) is 7.85 Å². The molecule has 0 unspecified atom stereocenters. The Morgan fingerprint density at radius 3 is 1.69 bits per heavy atom. The van der Waals surface area contributed by atoms with Crippen LogP contribution in [0.5, 0.6) is 0 Å². The number of hydrogen-bond donors (Lipinski definition) is 0. The molecular weight excluding hydrogens is 347 g/mol. The third-order valence-electron chi connectivity index (χ3n) is 6.32. The minimum atomic E-state index is -0.0615. The smallest absolute Gasteiger partial charge is 0.0963 e. The third kappa shape index (κ3) is 2.93. The van der Waals surface area contributed by atoms with Crippen molar-refractivity contribution in [1.29, 1.82) is 0 Å². The summed E-state index contributed by atoms with van der Waals surface area (Å²) in [5.74, 6) is 0.215. The average Bonchev–Trinajstić information content (AvgIpc) is 2.96. The fourth-order valence-electron chi connectivity index (χ4n) is 4.82. The van der Waals surface area contributed by atoms with Gasteiger partial charge in [0, 0.05) is 11.3 Å². The van der Waals surface area contributed by atoms with Crippen LogP contribution in [0.1, 0.15) is 47.6 Å². The number of benzene rings is 4. The molecule has 0 atom stereocenters. The van der Waals surface area contributed by atoms with E-state index in [1.807, 2.05) is 6.07 Å². The van der Waals surface area contributed by atoms with Crippen LogP contribution in [0.3, 0.4) is 0 Å². The van der Waals surface area contributed by atoms with E-state index in [1.165, 1.54) is 38.9 Å². The topological polar surface area (TPSA) is 0 Å². The van der Waals surface area contributed by atoms with E-state index < -0.39 is 0 Å². The van der Waals surface area contributed by atoms with Crippen LogP contribution < -0.4 is 5.46 Å². The first-order valence-corrected chi connectivity index (χ1v) is 10.2. The van der Waals surface area contributed by atoms with Gasteiger partial charge in [0.25, 0.3) is 0 Å². The van der Waals surface area contributed by atoms with Crippen molar-refractivity contribution in [2.45, 2.75) is 25.2 Å². The first kappa shape index (κ1) is 18.0. The van der Waals surface area contributed by atoms with Crippen molar-refractivity contribution in [3.05, 3.63) is 125 Å². The largest absolute Gasteiger partial charge is 0.113 e. The molecule has 1 aliphatic carbocycles. The third-order valence-corrected chi connectivity index (χ3v) is 6.32. The summed E-state index contributed by atoms with van der Waals surface area (Å²) in [4.78, 5) is 0. The molecule has 2 radical (unpaired) electrons. The molecule has 0 nitrogen and oxygen atoms in total. The van der Waals surface area contributed by atoms with Crippen LogP contribution >= 0.6 is 0 Å². The summed E-state index contributed by atoms with van der Waals surface area (Å²) < 4.78 is 0. The number of rotatable bonds is 3. The molecule has 1 heteroatoms. The van der Waals surface area contributed by atoms with E-state index in [0.717, 1.165) is 5.46 Å². The lowest BCUT2D eigenvalue weighted by Gasteiger charge is -2.24. The second-order valence-corrected chi connectivity index (χ2v) is 8.49. The van der Waals surface area contributed by atoms with Gasteiger partial charge in [-0.25, -0.2) is 0 Å². The van der Waals surface area contributed by atoms with Crippen LogP contribution in [-0.4, -0.2) is 7.85 Å². The van der Waals surface area contributed by atoms with Gasteiger partial charge in [0.15, 0.2) is 0 Å². The lowest BCUT2D eigenvalue weighted by atomic mass is 9.78. The Labute approximate surface area is 174 Å². The first-order valence-electron chi connectivity index (χ1n) is 10.2. The average molecular weight is 370 g/mol. The highest BCUT2D eigenvalue weighted by Gasteiger charge is 2.36. The lowest BCUT2D eigenvalue weighted by molar-refractivity contribution is 0.659. The van der Waals surface area contributed by atoms with Gasteiger partial charge in [-0.3, -0.25) is 0 Å². The highest BCUT2D eigenvalue weighted by Crippen LogP contribution is 2.49. The molecule has 1 aliphatic rings. The summed E-state index contributed by atoms with van der Waals surface area (Å²) >= 11 is 0. The SMILES string of the molecule is [B]c1ccc2c(c1)C(C)(C)c1cc(C(c3ccccc3)c3ccccc3)ccc1-2. The van der Waals surface area contributed by atoms with E-state index in [0.29, 0.717) is 0 Å². The van der Waals surface area contributed by atoms with Crippen LogP contribution in [0.2, 0.25) is 0 Å². The Morgan fingerprint density at radius 1 is 0.586 bits per heavy atom. The normalized spacial score (nSPS) is 13.9. The van der Waals surface area contributed by atoms with Gasteiger partial charge in [-0.05, 0) is 38.9 Å². The predicted octanol–water partition coefficient (Wildman–Crippen LogP) is 5.97. The van der Waals surface area contributed by atoms with Crippen molar-refractivity contribution in [2.24, 2.45) is 0 Å². The van der Waals surface area contributed by atoms with E-state index >= 15 is 0 Å². The highest BCUT2D eigenvalue weighted by atomic mass is 14.4. The molecule has 0 saturated carbocycles. The Morgan fingerprint density at radius 2 is 1.10 bits per heavy atom. The van der Waals surface area contributed by atoms with Crippen molar-refractivity contribution in [1.82, 2.24) is 0 Å². The van der Waals surface area contributed by atoms with E-state index in [9.17, 15) is 0 Å². The summed E-state index contributed by atoms with van der Waals surface area (Å²) in [5, 5.41) is 0. The molecule has 0 fully saturated rings. The van der Waals surface area contributed by atoms with Crippen molar-refractivity contribution in [3.63, 3.8) is 0 Å². The molecule has 0 N–H and O–H groups in total. The molecule has 0 aliphatic heterocycles. The van der Waals surface area contributed by atoms with Crippen molar-refractivity contribution in [2.75, 3.05) is 0 Å². The second kappa shape index (κ2) is 6.78. The Hall–Kier alpha value is -3.06. The maximum Gasteiger partial charge on any atom is 0.113 e. The Kier molecular flexibility index (Phi) is 4.21. The quantitative estimate of drug-likeness (QED) is 0.308. The minimum Gasteiger partial charge on any atom is -0.0963 e. The molecule has 0 heterocycles.